The fourth-order valence-electron chi connectivity index (χ4n) is 3.67. The third kappa shape index (κ3) is 4.88. The van der Waals surface area contributed by atoms with Crippen molar-refractivity contribution in [3.05, 3.63) is 65.2 Å². The van der Waals surface area contributed by atoms with E-state index < -0.39 is 5.97 Å². The van der Waals surface area contributed by atoms with Crippen molar-refractivity contribution in [1.29, 1.82) is 0 Å². The highest BCUT2D eigenvalue weighted by Crippen LogP contribution is 2.24. The molecule has 0 atom stereocenters. The SMILES string of the molecule is COc1cccc(CC(=O)N2CCC(Cc3ccccc3C(=O)O)CC2)c1. The third-order valence-electron chi connectivity index (χ3n) is 5.21. The predicted octanol–water partition coefficient (Wildman–Crippen LogP) is 3.42. The minimum atomic E-state index is -0.878. The van der Waals surface area contributed by atoms with Crippen molar-refractivity contribution in [2.24, 2.45) is 5.92 Å². The molecule has 3 rings (SSSR count). The number of aromatic carboxylic acids is 1. The summed E-state index contributed by atoms with van der Waals surface area (Å²) in [6.07, 6.45) is 2.93. The van der Waals surface area contributed by atoms with Gasteiger partial charge in [-0.2, -0.15) is 0 Å². The third-order valence-corrected chi connectivity index (χ3v) is 5.21. The highest BCUT2D eigenvalue weighted by Gasteiger charge is 2.24. The molecule has 5 heteroatoms. The highest BCUT2D eigenvalue weighted by atomic mass is 16.5. The molecular weight excluding hydrogens is 342 g/mol. The molecule has 0 unspecified atom stereocenters. The number of hydrogen-bond donors (Lipinski definition) is 1. The van der Waals surface area contributed by atoms with Gasteiger partial charge in [0.1, 0.15) is 5.75 Å². The zero-order valence-corrected chi connectivity index (χ0v) is 15.6. The van der Waals surface area contributed by atoms with Gasteiger partial charge in [0.15, 0.2) is 0 Å². The predicted molar refractivity (Wildman–Crippen MR) is 103 cm³/mol. The first-order chi connectivity index (χ1) is 13.1. The Bertz CT molecular complexity index is 809. The Balaban J connectivity index is 1.54. The number of benzene rings is 2. The van der Waals surface area contributed by atoms with Crippen molar-refractivity contribution in [2.75, 3.05) is 20.2 Å². The number of methoxy groups -OCH3 is 1. The molecule has 142 valence electrons. The number of amides is 1. The smallest absolute Gasteiger partial charge is 0.335 e. The van der Waals surface area contributed by atoms with Crippen molar-refractivity contribution in [3.8, 4) is 5.75 Å². The Morgan fingerprint density at radius 1 is 1.11 bits per heavy atom. The Morgan fingerprint density at radius 3 is 2.56 bits per heavy atom. The summed E-state index contributed by atoms with van der Waals surface area (Å²) in [5.41, 5.74) is 2.22. The normalized spacial score (nSPS) is 14.8. The lowest BCUT2D eigenvalue weighted by Crippen LogP contribution is -2.39. The van der Waals surface area contributed by atoms with Gasteiger partial charge in [-0.3, -0.25) is 4.79 Å². The van der Waals surface area contributed by atoms with Crippen molar-refractivity contribution in [3.63, 3.8) is 0 Å². The maximum atomic E-state index is 12.6. The van der Waals surface area contributed by atoms with E-state index in [4.69, 9.17) is 4.74 Å². The van der Waals surface area contributed by atoms with Gasteiger partial charge >= 0.3 is 5.97 Å². The van der Waals surface area contributed by atoms with Crippen LogP contribution in [-0.4, -0.2) is 42.1 Å². The molecule has 1 amide bonds. The molecule has 1 saturated heterocycles. The van der Waals surface area contributed by atoms with E-state index in [0.29, 0.717) is 17.9 Å². The van der Waals surface area contributed by atoms with Crippen molar-refractivity contribution < 1.29 is 19.4 Å². The number of carboxylic acids is 1. The van der Waals surface area contributed by atoms with Crippen LogP contribution in [0, 0.1) is 5.92 Å². The number of nitrogens with zero attached hydrogens (tertiary/aromatic N) is 1. The average molecular weight is 367 g/mol. The lowest BCUT2D eigenvalue weighted by atomic mass is 9.88. The monoisotopic (exact) mass is 367 g/mol. The van der Waals surface area contributed by atoms with E-state index >= 15 is 0 Å². The summed E-state index contributed by atoms with van der Waals surface area (Å²) < 4.78 is 5.21. The second kappa shape index (κ2) is 8.71. The Labute approximate surface area is 159 Å². The average Bonchev–Trinajstić information content (AvgIpc) is 2.69. The molecule has 5 nitrogen and oxygen atoms in total. The molecule has 1 N–H and O–H groups in total. The molecular formula is C22H25NO4. The molecule has 0 aromatic heterocycles. The molecule has 0 spiro atoms. The quantitative estimate of drug-likeness (QED) is 0.850. The molecule has 0 bridgehead atoms. The van der Waals surface area contributed by atoms with Crippen molar-refractivity contribution in [1.82, 2.24) is 4.90 Å². The summed E-state index contributed by atoms with van der Waals surface area (Å²) in [5, 5.41) is 9.33. The van der Waals surface area contributed by atoms with E-state index in [1.54, 1.807) is 19.2 Å². The minimum Gasteiger partial charge on any atom is -0.497 e. The van der Waals surface area contributed by atoms with Gasteiger partial charge in [0.05, 0.1) is 19.1 Å². The van der Waals surface area contributed by atoms with Gasteiger partial charge in [0.25, 0.3) is 0 Å². The van der Waals surface area contributed by atoms with Crippen molar-refractivity contribution in [2.45, 2.75) is 25.7 Å². The topological polar surface area (TPSA) is 66.8 Å². The molecule has 27 heavy (non-hydrogen) atoms. The summed E-state index contributed by atoms with van der Waals surface area (Å²) in [6, 6.07) is 14.8. The van der Waals surface area contributed by atoms with Gasteiger partial charge in [-0.1, -0.05) is 30.3 Å². The summed E-state index contributed by atoms with van der Waals surface area (Å²) in [4.78, 5) is 25.9. The van der Waals surface area contributed by atoms with E-state index in [9.17, 15) is 14.7 Å². The van der Waals surface area contributed by atoms with E-state index in [2.05, 4.69) is 0 Å². The van der Waals surface area contributed by atoms with Crippen LogP contribution in [0.4, 0.5) is 0 Å². The molecule has 1 aliphatic rings. The molecule has 1 aliphatic heterocycles. The first kappa shape index (κ1) is 19.0. The van der Waals surface area contributed by atoms with Crippen LogP contribution >= 0.6 is 0 Å². The number of ether oxygens (including phenoxy) is 1. The summed E-state index contributed by atoms with van der Waals surface area (Å²) in [7, 11) is 1.62. The molecule has 1 fully saturated rings. The zero-order chi connectivity index (χ0) is 19.2. The Hall–Kier alpha value is -2.82. The van der Waals surface area contributed by atoms with Crippen LogP contribution in [0.3, 0.4) is 0 Å². The Kier molecular flexibility index (Phi) is 6.12. The number of carbonyl (C=O) groups is 2. The van der Waals surface area contributed by atoms with E-state index in [1.165, 1.54) is 0 Å². The first-order valence-electron chi connectivity index (χ1n) is 9.28. The van der Waals surface area contributed by atoms with Gasteiger partial charge in [-0.15, -0.1) is 0 Å². The minimum absolute atomic E-state index is 0.132. The van der Waals surface area contributed by atoms with Crippen LogP contribution in [0.15, 0.2) is 48.5 Å². The Morgan fingerprint density at radius 2 is 1.85 bits per heavy atom. The fourth-order valence-corrected chi connectivity index (χ4v) is 3.67. The van der Waals surface area contributed by atoms with Gasteiger partial charge in [0.2, 0.25) is 5.91 Å². The lowest BCUT2D eigenvalue weighted by molar-refractivity contribution is -0.131. The largest absolute Gasteiger partial charge is 0.497 e. The van der Waals surface area contributed by atoms with E-state index in [1.807, 2.05) is 41.3 Å². The van der Waals surface area contributed by atoms with Crippen molar-refractivity contribution >= 4 is 11.9 Å². The number of carbonyl (C=O) groups excluding carboxylic acids is 1. The lowest BCUT2D eigenvalue weighted by Gasteiger charge is -2.32. The van der Waals surface area contributed by atoms with E-state index in [-0.39, 0.29) is 5.91 Å². The number of rotatable bonds is 6. The van der Waals surface area contributed by atoms with Crippen LogP contribution in [0.1, 0.15) is 34.3 Å². The number of hydrogen-bond acceptors (Lipinski definition) is 3. The number of piperidine rings is 1. The number of carboxylic acid groups (broad SMARTS) is 1. The maximum absolute atomic E-state index is 12.6. The second-order valence-corrected chi connectivity index (χ2v) is 7.02. The molecule has 1 heterocycles. The molecule has 0 saturated carbocycles. The zero-order valence-electron chi connectivity index (χ0n) is 15.6. The second-order valence-electron chi connectivity index (χ2n) is 7.02. The van der Waals surface area contributed by atoms with Gasteiger partial charge in [-0.05, 0) is 54.5 Å². The van der Waals surface area contributed by atoms with Crippen LogP contribution in [0.25, 0.3) is 0 Å². The van der Waals surface area contributed by atoms with Crippen LogP contribution in [0.2, 0.25) is 0 Å². The van der Waals surface area contributed by atoms with E-state index in [0.717, 1.165) is 49.2 Å². The van der Waals surface area contributed by atoms with Gasteiger partial charge in [0, 0.05) is 13.1 Å². The summed E-state index contributed by atoms with van der Waals surface area (Å²) in [6.45, 7) is 1.45. The standard InChI is InChI=1S/C22H25NO4/c1-27-19-7-4-5-17(14-19)15-21(24)23-11-9-16(10-12-23)13-18-6-2-3-8-20(18)22(25)26/h2-8,14,16H,9-13,15H2,1H3,(H,25,26). The maximum Gasteiger partial charge on any atom is 0.335 e. The first-order valence-corrected chi connectivity index (χ1v) is 9.28. The molecule has 2 aromatic rings. The van der Waals surface area contributed by atoms with Gasteiger partial charge in [-0.25, -0.2) is 4.79 Å². The summed E-state index contributed by atoms with van der Waals surface area (Å²) >= 11 is 0. The summed E-state index contributed by atoms with van der Waals surface area (Å²) in [5.74, 6) is 0.423. The van der Waals surface area contributed by atoms with Gasteiger partial charge < -0.3 is 14.7 Å². The van der Waals surface area contributed by atoms with Crippen LogP contribution in [0.5, 0.6) is 5.75 Å². The van der Waals surface area contributed by atoms with Crippen LogP contribution in [-0.2, 0) is 17.6 Å². The molecule has 2 aromatic carbocycles. The molecule has 0 radical (unpaired) electrons. The number of likely N-dealkylation sites (tertiary alicyclic amines) is 1. The fraction of sp³-hybridized carbons (Fsp3) is 0.364. The van der Waals surface area contributed by atoms with Crippen LogP contribution < -0.4 is 4.74 Å². The highest BCUT2D eigenvalue weighted by molar-refractivity contribution is 5.89. The molecule has 0 aliphatic carbocycles.